The molecule has 0 spiro atoms. The van der Waals surface area contributed by atoms with E-state index < -0.39 is 6.10 Å². The van der Waals surface area contributed by atoms with Crippen molar-refractivity contribution in [2.45, 2.75) is 26.4 Å². The molecule has 0 aliphatic heterocycles. The topological polar surface area (TPSA) is 20.2 Å². The van der Waals surface area contributed by atoms with Gasteiger partial charge in [-0.1, -0.05) is 17.7 Å². The SMILES string of the molecule is CC#CCC(O)c1cc(Cl)ccc1C. The summed E-state index contributed by atoms with van der Waals surface area (Å²) in [5.41, 5.74) is 1.90. The van der Waals surface area contributed by atoms with Crippen molar-refractivity contribution in [2.75, 3.05) is 0 Å². The van der Waals surface area contributed by atoms with Crippen LogP contribution in [-0.2, 0) is 0 Å². The third-order valence-corrected chi connectivity index (χ3v) is 2.31. The van der Waals surface area contributed by atoms with Gasteiger partial charge in [0.2, 0.25) is 0 Å². The van der Waals surface area contributed by atoms with E-state index >= 15 is 0 Å². The molecule has 0 saturated carbocycles. The van der Waals surface area contributed by atoms with Crippen LogP contribution in [0, 0.1) is 18.8 Å². The smallest absolute Gasteiger partial charge is 0.0902 e. The van der Waals surface area contributed by atoms with Gasteiger partial charge in [0.05, 0.1) is 6.10 Å². The molecule has 0 amide bonds. The van der Waals surface area contributed by atoms with Gasteiger partial charge in [-0.3, -0.25) is 0 Å². The summed E-state index contributed by atoms with van der Waals surface area (Å²) in [7, 11) is 0. The lowest BCUT2D eigenvalue weighted by Gasteiger charge is -2.11. The number of aliphatic hydroxyl groups is 1. The monoisotopic (exact) mass is 208 g/mol. The van der Waals surface area contributed by atoms with Crippen LogP contribution < -0.4 is 0 Å². The third-order valence-electron chi connectivity index (χ3n) is 2.07. The summed E-state index contributed by atoms with van der Waals surface area (Å²) in [4.78, 5) is 0. The molecule has 0 radical (unpaired) electrons. The van der Waals surface area contributed by atoms with E-state index in [1.54, 1.807) is 13.0 Å². The predicted molar refractivity (Wildman–Crippen MR) is 59.2 cm³/mol. The van der Waals surface area contributed by atoms with E-state index in [9.17, 15) is 5.11 Å². The van der Waals surface area contributed by atoms with Gasteiger partial charge in [0.15, 0.2) is 0 Å². The maximum absolute atomic E-state index is 9.80. The van der Waals surface area contributed by atoms with Crippen LogP contribution >= 0.6 is 11.6 Å². The first-order valence-corrected chi connectivity index (χ1v) is 4.86. The Morgan fingerprint density at radius 2 is 2.21 bits per heavy atom. The highest BCUT2D eigenvalue weighted by Gasteiger charge is 2.09. The Labute approximate surface area is 89.7 Å². The third kappa shape index (κ3) is 2.77. The molecule has 1 aromatic rings. The van der Waals surface area contributed by atoms with Crippen LogP contribution in [0.3, 0.4) is 0 Å². The van der Waals surface area contributed by atoms with Crippen LogP contribution in [0.2, 0.25) is 5.02 Å². The fourth-order valence-electron chi connectivity index (χ4n) is 1.28. The number of halogens is 1. The average Bonchev–Trinajstić information content (AvgIpc) is 2.18. The van der Waals surface area contributed by atoms with Gasteiger partial charge in [-0.05, 0) is 37.1 Å². The van der Waals surface area contributed by atoms with Crippen molar-refractivity contribution in [1.29, 1.82) is 0 Å². The Morgan fingerprint density at radius 3 is 2.86 bits per heavy atom. The summed E-state index contributed by atoms with van der Waals surface area (Å²) in [5, 5.41) is 10.4. The quantitative estimate of drug-likeness (QED) is 0.741. The van der Waals surface area contributed by atoms with E-state index in [0.29, 0.717) is 11.4 Å². The summed E-state index contributed by atoms with van der Waals surface area (Å²) in [6.45, 7) is 3.71. The molecule has 1 rings (SSSR count). The molecule has 1 aromatic carbocycles. The first-order valence-electron chi connectivity index (χ1n) is 4.49. The fraction of sp³-hybridized carbons (Fsp3) is 0.333. The minimum Gasteiger partial charge on any atom is -0.387 e. The maximum Gasteiger partial charge on any atom is 0.0902 e. The average molecular weight is 209 g/mol. The van der Waals surface area contributed by atoms with Crippen molar-refractivity contribution in [3.63, 3.8) is 0 Å². The Bertz CT molecular complexity index is 374. The molecule has 74 valence electrons. The zero-order valence-corrected chi connectivity index (χ0v) is 9.10. The first kappa shape index (κ1) is 11.1. The van der Waals surface area contributed by atoms with Crippen LogP contribution in [0.1, 0.15) is 30.6 Å². The zero-order chi connectivity index (χ0) is 10.6. The van der Waals surface area contributed by atoms with Crippen molar-refractivity contribution in [3.8, 4) is 11.8 Å². The van der Waals surface area contributed by atoms with Gasteiger partial charge in [-0.25, -0.2) is 0 Å². The number of hydrogen-bond donors (Lipinski definition) is 1. The van der Waals surface area contributed by atoms with Crippen LogP contribution in [0.25, 0.3) is 0 Å². The molecule has 0 fully saturated rings. The van der Waals surface area contributed by atoms with Gasteiger partial charge >= 0.3 is 0 Å². The molecular weight excluding hydrogens is 196 g/mol. The van der Waals surface area contributed by atoms with E-state index in [1.165, 1.54) is 0 Å². The number of aliphatic hydroxyl groups excluding tert-OH is 1. The van der Waals surface area contributed by atoms with Crippen molar-refractivity contribution >= 4 is 11.6 Å². The van der Waals surface area contributed by atoms with Crippen molar-refractivity contribution in [2.24, 2.45) is 0 Å². The van der Waals surface area contributed by atoms with E-state index in [2.05, 4.69) is 11.8 Å². The van der Waals surface area contributed by atoms with Crippen molar-refractivity contribution in [1.82, 2.24) is 0 Å². The molecule has 14 heavy (non-hydrogen) atoms. The van der Waals surface area contributed by atoms with Crippen LogP contribution in [-0.4, -0.2) is 5.11 Å². The zero-order valence-electron chi connectivity index (χ0n) is 8.34. The number of aryl methyl sites for hydroxylation is 1. The lowest BCUT2D eigenvalue weighted by molar-refractivity contribution is 0.183. The lowest BCUT2D eigenvalue weighted by Crippen LogP contribution is -1.98. The molecule has 0 aliphatic rings. The molecule has 2 heteroatoms. The van der Waals surface area contributed by atoms with Crippen LogP contribution in [0.5, 0.6) is 0 Å². The fourth-order valence-corrected chi connectivity index (χ4v) is 1.46. The Kier molecular flexibility index (Phi) is 4.00. The maximum atomic E-state index is 9.80. The van der Waals surface area contributed by atoms with Gasteiger partial charge in [0.1, 0.15) is 0 Å². The highest BCUT2D eigenvalue weighted by Crippen LogP contribution is 2.23. The normalized spacial score (nSPS) is 11.7. The van der Waals surface area contributed by atoms with E-state index in [0.717, 1.165) is 11.1 Å². The largest absolute Gasteiger partial charge is 0.387 e. The summed E-state index contributed by atoms with van der Waals surface area (Å²) < 4.78 is 0. The number of rotatable bonds is 2. The van der Waals surface area contributed by atoms with Gasteiger partial charge in [-0.2, -0.15) is 0 Å². The second-order valence-corrected chi connectivity index (χ2v) is 3.58. The second kappa shape index (κ2) is 5.05. The minimum absolute atomic E-state index is 0.456. The first-order chi connectivity index (χ1) is 6.65. The Hall–Kier alpha value is -0.970. The summed E-state index contributed by atoms with van der Waals surface area (Å²) >= 11 is 5.85. The van der Waals surface area contributed by atoms with Gasteiger partial charge in [-0.15, -0.1) is 11.8 Å². The van der Waals surface area contributed by atoms with Gasteiger partial charge < -0.3 is 5.11 Å². The van der Waals surface area contributed by atoms with Crippen molar-refractivity contribution in [3.05, 3.63) is 34.3 Å². The van der Waals surface area contributed by atoms with E-state index in [1.807, 2.05) is 19.1 Å². The molecule has 1 atom stereocenters. The van der Waals surface area contributed by atoms with Crippen molar-refractivity contribution < 1.29 is 5.11 Å². The van der Waals surface area contributed by atoms with Gasteiger partial charge in [0, 0.05) is 11.4 Å². The van der Waals surface area contributed by atoms with Crippen LogP contribution in [0.15, 0.2) is 18.2 Å². The molecular formula is C12H13ClO. The summed E-state index contributed by atoms with van der Waals surface area (Å²) in [6.07, 6.45) is -0.0846. The Balaban J connectivity index is 2.91. The molecule has 0 saturated heterocycles. The Morgan fingerprint density at radius 1 is 1.50 bits per heavy atom. The molecule has 1 N–H and O–H groups in total. The second-order valence-electron chi connectivity index (χ2n) is 3.15. The lowest BCUT2D eigenvalue weighted by atomic mass is 10.0. The molecule has 1 unspecified atom stereocenters. The highest BCUT2D eigenvalue weighted by atomic mass is 35.5. The molecule has 0 aromatic heterocycles. The molecule has 0 bridgehead atoms. The highest BCUT2D eigenvalue weighted by molar-refractivity contribution is 6.30. The predicted octanol–water partition coefficient (Wildman–Crippen LogP) is 3.10. The molecule has 0 aliphatic carbocycles. The summed E-state index contributed by atoms with van der Waals surface area (Å²) in [5.74, 6) is 5.61. The molecule has 0 heterocycles. The standard InChI is InChI=1S/C12H13ClO/c1-3-4-5-12(14)11-8-10(13)7-6-9(11)2/h6-8,12,14H,5H2,1-2H3. The van der Waals surface area contributed by atoms with Gasteiger partial charge in [0.25, 0.3) is 0 Å². The summed E-state index contributed by atoms with van der Waals surface area (Å²) in [6, 6.07) is 5.51. The molecule has 1 nitrogen and oxygen atoms in total. The van der Waals surface area contributed by atoms with Crippen LogP contribution in [0.4, 0.5) is 0 Å². The number of hydrogen-bond acceptors (Lipinski definition) is 1. The van der Waals surface area contributed by atoms with E-state index in [-0.39, 0.29) is 0 Å². The van der Waals surface area contributed by atoms with E-state index in [4.69, 9.17) is 11.6 Å². The minimum atomic E-state index is -0.541. The number of benzene rings is 1.